The fourth-order valence-electron chi connectivity index (χ4n) is 7.25. The van der Waals surface area contributed by atoms with E-state index in [-0.39, 0.29) is 22.2 Å². The second kappa shape index (κ2) is 12.9. The Labute approximate surface area is 242 Å². The van der Waals surface area contributed by atoms with Crippen LogP contribution < -0.4 is 10.6 Å². The van der Waals surface area contributed by atoms with Gasteiger partial charge in [-0.05, 0) is 78.6 Å². The number of halogens is 6. The quantitative estimate of drug-likeness (QED) is 0.216. The van der Waals surface area contributed by atoms with Crippen molar-refractivity contribution >= 4 is 26.5 Å². The van der Waals surface area contributed by atoms with Gasteiger partial charge in [-0.3, -0.25) is 0 Å². The molecule has 41 heavy (non-hydrogen) atoms. The molecule has 2 saturated carbocycles. The molecule has 3 aliphatic rings. The fourth-order valence-corrected chi connectivity index (χ4v) is 14.9. The Bertz CT molecular complexity index is 1160. The molecule has 0 heterocycles. The minimum absolute atomic E-state index is 0.0430. The van der Waals surface area contributed by atoms with Gasteiger partial charge in [0.25, 0.3) is 0 Å². The zero-order valence-electron chi connectivity index (χ0n) is 23.4. The maximum Gasteiger partial charge on any atom is 0.417 e. The first-order valence-corrected chi connectivity index (χ1v) is 17.7. The zero-order chi connectivity index (χ0) is 29.2. The minimum atomic E-state index is -4.67. The van der Waals surface area contributed by atoms with E-state index in [0.717, 1.165) is 17.4 Å². The van der Waals surface area contributed by atoms with Crippen LogP contribution in [0.5, 0.6) is 0 Å². The summed E-state index contributed by atoms with van der Waals surface area (Å²) in [5.74, 6) is -0.168. The van der Waals surface area contributed by atoms with Gasteiger partial charge in [0.2, 0.25) is 0 Å². The third-order valence-electron chi connectivity index (χ3n) is 9.07. The van der Waals surface area contributed by atoms with E-state index in [2.05, 4.69) is 13.0 Å². The van der Waals surface area contributed by atoms with Gasteiger partial charge in [-0.1, -0.05) is 108 Å². The van der Waals surface area contributed by atoms with Gasteiger partial charge >= 0.3 is 12.4 Å². The Morgan fingerprint density at radius 2 is 1.10 bits per heavy atom. The molecule has 0 spiro atoms. The van der Waals surface area contributed by atoms with Crippen LogP contribution in [0, 0.1) is 5.92 Å². The van der Waals surface area contributed by atoms with Gasteiger partial charge in [-0.2, -0.15) is 26.3 Å². The normalized spacial score (nSPS) is 22.0. The molecule has 5 rings (SSSR count). The van der Waals surface area contributed by atoms with Crippen LogP contribution in [-0.2, 0) is 12.4 Å². The van der Waals surface area contributed by atoms with Gasteiger partial charge in [0.15, 0.2) is 0 Å². The molecule has 1 unspecified atom stereocenters. The highest BCUT2D eigenvalue weighted by atomic mass is 31.1. The second-order valence-electron chi connectivity index (χ2n) is 11.6. The van der Waals surface area contributed by atoms with Gasteiger partial charge in [0.1, 0.15) is 0 Å². The summed E-state index contributed by atoms with van der Waals surface area (Å²) in [6, 6.07) is 10.5. The van der Waals surface area contributed by atoms with E-state index in [1.54, 1.807) is 0 Å². The Morgan fingerprint density at radius 1 is 0.659 bits per heavy atom. The average Bonchev–Trinajstić information content (AvgIpc) is 3.43. The molecule has 8 heteroatoms. The molecule has 0 N–H and O–H groups in total. The number of hydrogen-bond acceptors (Lipinski definition) is 0. The van der Waals surface area contributed by atoms with E-state index in [1.807, 2.05) is 12.2 Å². The molecule has 0 radical (unpaired) electrons. The minimum Gasteiger partial charge on any atom is -0.166 e. The standard InChI is InChI=1S/C33H38F6P2/c1-23(40(24-13-4-2-5-14-24)25-15-6-3-7-16-25)26-17-12-22-29(26)41(30-20-10-8-18-27(30)32(34,35)36)31-21-11-9-19-28(31)33(37,38)39/h8-12,17-26H,2-7,13-16H2,1H3/t23-,26?/m1/s1. The molecule has 222 valence electrons. The second-order valence-corrected chi connectivity index (χ2v) is 17.0. The van der Waals surface area contributed by atoms with E-state index in [9.17, 15) is 26.3 Å². The molecule has 0 aliphatic heterocycles. The van der Waals surface area contributed by atoms with Gasteiger partial charge in [-0.15, -0.1) is 0 Å². The van der Waals surface area contributed by atoms with Crippen LogP contribution in [0.2, 0.25) is 0 Å². The molecule has 2 aromatic carbocycles. The molecule has 3 aliphatic carbocycles. The summed E-state index contributed by atoms with van der Waals surface area (Å²) < 4.78 is 86.2. The highest BCUT2D eigenvalue weighted by Gasteiger charge is 2.44. The van der Waals surface area contributed by atoms with Crippen molar-refractivity contribution in [1.29, 1.82) is 0 Å². The van der Waals surface area contributed by atoms with Crippen molar-refractivity contribution < 1.29 is 26.3 Å². The first-order valence-electron chi connectivity index (χ1n) is 14.9. The van der Waals surface area contributed by atoms with Crippen molar-refractivity contribution in [2.75, 3.05) is 0 Å². The lowest BCUT2D eigenvalue weighted by molar-refractivity contribution is -0.137. The van der Waals surface area contributed by atoms with Crippen LogP contribution in [0.3, 0.4) is 0 Å². The van der Waals surface area contributed by atoms with Crippen molar-refractivity contribution in [3.05, 3.63) is 83.2 Å². The van der Waals surface area contributed by atoms with Crippen molar-refractivity contribution in [3.63, 3.8) is 0 Å². The van der Waals surface area contributed by atoms with E-state index in [4.69, 9.17) is 0 Å². The summed E-state index contributed by atoms with van der Waals surface area (Å²) in [6.07, 6.45) is 8.62. The predicted molar refractivity (Wildman–Crippen MR) is 160 cm³/mol. The van der Waals surface area contributed by atoms with Crippen molar-refractivity contribution in [1.82, 2.24) is 0 Å². The third kappa shape index (κ3) is 6.80. The van der Waals surface area contributed by atoms with Crippen molar-refractivity contribution in [2.45, 2.75) is 100 Å². The zero-order valence-corrected chi connectivity index (χ0v) is 25.2. The molecule has 2 fully saturated rings. The van der Waals surface area contributed by atoms with E-state index >= 15 is 0 Å². The number of hydrogen-bond donors (Lipinski definition) is 0. The highest BCUT2D eigenvalue weighted by molar-refractivity contribution is 7.77. The maximum absolute atomic E-state index is 14.4. The summed E-state index contributed by atoms with van der Waals surface area (Å²) in [5.41, 5.74) is -0.234. The van der Waals surface area contributed by atoms with Gasteiger partial charge in [0, 0.05) is 5.92 Å². The van der Waals surface area contributed by atoms with Crippen LogP contribution in [0.1, 0.15) is 82.3 Å². The Balaban J connectivity index is 1.62. The summed E-state index contributed by atoms with van der Waals surface area (Å²) >= 11 is 0. The molecular weight excluding hydrogens is 572 g/mol. The van der Waals surface area contributed by atoms with Crippen LogP contribution in [0.4, 0.5) is 26.3 Å². The SMILES string of the molecule is C[C@H](C1C=CC=C1P(c1ccccc1C(F)(F)F)c1ccccc1C(F)(F)F)P(C1CCCCC1)C1CCCCC1. The largest absolute Gasteiger partial charge is 0.417 e. The molecule has 0 saturated heterocycles. The monoisotopic (exact) mass is 610 g/mol. The first kappa shape index (κ1) is 30.8. The lowest BCUT2D eigenvalue weighted by Gasteiger charge is -2.44. The van der Waals surface area contributed by atoms with Crippen LogP contribution in [-0.4, -0.2) is 17.0 Å². The van der Waals surface area contributed by atoms with Gasteiger partial charge < -0.3 is 0 Å². The smallest absolute Gasteiger partial charge is 0.166 e. The topological polar surface area (TPSA) is 0 Å². The molecular formula is C33H38F6P2. The third-order valence-corrected chi connectivity index (χ3v) is 15.8. The molecule has 0 bridgehead atoms. The predicted octanol–water partition coefficient (Wildman–Crippen LogP) is 10.8. The summed E-state index contributed by atoms with van der Waals surface area (Å²) in [7, 11) is -2.53. The van der Waals surface area contributed by atoms with Crippen LogP contribution in [0.15, 0.2) is 72.1 Å². The number of rotatable bonds is 7. The molecule has 0 amide bonds. The van der Waals surface area contributed by atoms with Crippen LogP contribution in [0.25, 0.3) is 0 Å². The molecule has 2 atom stereocenters. The highest BCUT2D eigenvalue weighted by Crippen LogP contribution is 2.64. The Morgan fingerprint density at radius 3 is 1.54 bits per heavy atom. The summed E-state index contributed by atoms with van der Waals surface area (Å²) in [6.45, 7) is 2.25. The van der Waals surface area contributed by atoms with E-state index < -0.39 is 39.3 Å². The van der Waals surface area contributed by atoms with Gasteiger partial charge in [-0.25, -0.2) is 0 Å². The Kier molecular flexibility index (Phi) is 9.71. The summed E-state index contributed by atoms with van der Waals surface area (Å²) in [5, 5.41) is 0.636. The first-order chi connectivity index (χ1) is 19.6. The lowest BCUT2D eigenvalue weighted by atomic mass is 9.99. The fraction of sp³-hybridized carbons (Fsp3) is 0.515. The van der Waals surface area contributed by atoms with E-state index in [0.29, 0.717) is 11.3 Å². The van der Waals surface area contributed by atoms with Gasteiger partial charge in [0.05, 0.1) is 11.1 Å². The summed E-state index contributed by atoms with van der Waals surface area (Å²) in [4.78, 5) is 0. The molecule has 0 aromatic heterocycles. The van der Waals surface area contributed by atoms with E-state index in [1.165, 1.54) is 101 Å². The lowest BCUT2D eigenvalue weighted by Crippen LogP contribution is -2.31. The number of alkyl halides is 6. The molecule has 0 nitrogen and oxygen atoms in total. The number of allylic oxidation sites excluding steroid dienone is 4. The number of benzene rings is 2. The van der Waals surface area contributed by atoms with Crippen LogP contribution >= 0.6 is 15.8 Å². The maximum atomic E-state index is 14.4. The van der Waals surface area contributed by atoms with Crippen molar-refractivity contribution in [2.24, 2.45) is 5.92 Å². The average molecular weight is 611 g/mol. The van der Waals surface area contributed by atoms with Crippen molar-refractivity contribution in [3.8, 4) is 0 Å². The Hall–Kier alpha value is -1.64. The molecule has 2 aromatic rings.